The zero-order valence-corrected chi connectivity index (χ0v) is 15.8. The Hall–Kier alpha value is -2.29. The van der Waals surface area contributed by atoms with Gasteiger partial charge < -0.3 is 14.8 Å². The van der Waals surface area contributed by atoms with Crippen LogP contribution in [0.5, 0.6) is 0 Å². The Bertz CT molecular complexity index is 707. The predicted octanol–water partition coefficient (Wildman–Crippen LogP) is 1.67. The first-order valence-electron chi connectivity index (χ1n) is 7.54. The summed E-state index contributed by atoms with van der Waals surface area (Å²) in [6.45, 7) is 5.15. The van der Waals surface area contributed by atoms with Crippen molar-refractivity contribution in [3.63, 3.8) is 0 Å². The maximum atomic E-state index is 11.9. The maximum absolute atomic E-state index is 11.9. The molecule has 0 aromatic heterocycles. The van der Waals surface area contributed by atoms with E-state index in [1.165, 1.54) is 7.11 Å². The van der Waals surface area contributed by atoms with Gasteiger partial charge in [0.2, 0.25) is 10.0 Å². The number of carbonyl (C=O) groups is 2. The van der Waals surface area contributed by atoms with Crippen molar-refractivity contribution < 1.29 is 27.5 Å². The summed E-state index contributed by atoms with van der Waals surface area (Å²) in [4.78, 5) is 23.8. The van der Waals surface area contributed by atoms with Gasteiger partial charge in [-0.25, -0.2) is 18.0 Å². The van der Waals surface area contributed by atoms with Crippen LogP contribution >= 0.6 is 0 Å². The third kappa shape index (κ3) is 8.39. The van der Waals surface area contributed by atoms with Crippen LogP contribution in [0.25, 0.3) is 0 Å². The van der Waals surface area contributed by atoms with Crippen LogP contribution in [-0.2, 0) is 30.7 Å². The lowest BCUT2D eigenvalue weighted by atomic mass is 10.1. The van der Waals surface area contributed by atoms with Gasteiger partial charge in [0, 0.05) is 12.1 Å². The molecule has 0 saturated carbocycles. The number of methoxy groups -OCH3 is 1. The van der Waals surface area contributed by atoms with E-state index < -0.39 is 33.7 Å². The Labute approximate surface area is 147 Å². The summed E-state index contributed by atoms with van der Waals surface area (Å²) in [6.07, 6.45) is 0.502. The minimum atomic E-state index is -3.36. The first-order chi connectivity index (χ1) is 11.4. The quantitative estimate of drug-likeness (QED) is 0.735. The van der Waals surface area contributed by atoms with Gasteiger partial charge in [-0.3, -0.25) is 4.72 Å². The summed E-state index contributed by atoms with van der Waals surface area (Å²) in [5.74, 6) is -0.607. The molecule has 0 unspecified atom stereocenters. The minimum Gasteiger partial charge on any atom is -0.467 e. The predicted molar refractivity (Wildman–Crippen MR) is 93.8 cm³/mol. The topological polar surface area (TPSA) is 111 Å². The Balaban J connectivity index is 2.81. The lowest BCUT2D eigenvalue weighted by Crippen LogP contribution is -2.45. The van der Waals surface area contributed by atoms with Crippen molar-refractivity contribution in [2.75, 3.05) is 18.1 Å². The van der Waals surface area contributed by atoms with E-state index in [0.29, 0.717) is 11.3 Å². The van der Waals surface area contributed by atoms with Gasteiger partial charge in [-0.15, -0.1) is 0 Å². The van der Waals surface area contributed by atoms with Crippen molar-refractivity contribution in [2.45, 2.75) is 38.8 Å². The highest BCUT2D eigenvalue weighted by atomic mass is 32.2. The number of esters is 1. The third-order valence-corrected chi connectivity index (χ3v) is 3.48. The van der Waals surface area contributed by atoms with E-state index in [1.807, 2.05) is 0 Å². The number of anilines is 1. The third-order valence-electron chi connectivity index (χ3n) is 2.87. The van der Waals surface area contributed by atoms with Crippen LogP contribution in [0, 0.1) is 0 Å². The van der Waals surface area contributed by atoms with E-state index in [9.17, 15) is 18.0 Å². The molecule has 0 aliphatic rings. The van der Waals surface area contributed by atoms with Crippen molar-refractivity contribution in [1.82, 2.24) is 5.32 Å². The zero-order valence-electron chi connectivity index (χ0n) is 15.0. The SMILES string of the molecule is COC(=O)[C@H](Cc1ccc(NS(C)(=O)=O)cc1)NC(=O)OC(C)(C)C. The summed E-state index contributed by atoms with van der Waals surface area (Å²) in [5, 5.41) is 2.48. The van der Waals surface area contributed by atoms with E-state index in [4.69, 9.17) is 9.47 Å². The van der Waals surface area contributed by atoms with Crippen molar-refractivity contribution in [3.8, 4) is 0 Å². The smallest absolute Gasteiger partial charge is 0.408 e. The second-order valence-electron chi connectivity index (χ2n) is 6.50. The molecule has 9 heteroatoms. The van der Waals surface area contributed by atoms with E-state index in [1.54, 1.807) is 45.0 Å². The fourth-order valence-corrected chi connectivity index (χ4v) is 2.51. The number of ether oxygens (including phenoxy) is 2. The molecule has 1 amide bonds. The van der Waals surface area contributed by atoms with E-state index in [-0.39, 0.29) is 6.42 Å². The molecule has 0 bridgehead atoms. The molecule has 1 aromatic carbocycles. The van der Waals surface area contributed by atoms with Gasteiger partial charge in [-0.05, 0) is 38.5 Å². The van der Waals surface area contributed by atoms with Gasteiger partial charge in [0.15, 0.2) is 0 Å². The standard InChI is InChI=1S/C16H24N2O6S/c1-16(2,3)24-15(20)17-13(14(19)23-4)10-11-6-8-12(9-7-11)18-25(5,21)22/h6-9,13,18H,10H2,1-5H3,(H,17,20)/t13-/m0/s1. The Morgan fingerprint density at radius 2 is 1.72 bits per heavy atom. The van der Waals surface area contributed by atoms with Gasteiger partial charge in [0.1, 0.15) is 11.6 Å². The molecule has 0 fully saturated rings. The first-order valence-corrected chi connectivity index (χ1v) is 9.43. The van der Waals surface area contributed by atoms with Crippen LogP contribution in [0.4, 0.5) is 10.5 Å². The lowest BCUT2D eigenvalue weighted by molar-refractivity contribution is -0.143. The number of sulfonamides is 1. The molecule has 0 saturated heterocycles. The molecule has 0 aliphatic carbocycles. The van der Waals surface area contributed by atoms with Crippen molar-refractivity contribution in [3.05, 3.63) is 29.8 Å². The molecule has 1 rings (SSSR count). The number of rotatable bonds is 6. The molecular formula is C16H24N2O6S. The van der Waals surface area contributed by atoms with Gasteiger partial charge in [0.25, 0.3) is 0 Å². The van der Waals surface area contributed by atoms with Crippen LogP contribution in [0.3, 0.4) is 0 Å². The number of hydrogen-bond acceptors (Lipinski definition) is 6. The fourth-order valence-electron chi connectivity index (χ4n) is 1.94. The van der Waals surface area contributed by atoms with E-state index in [2.05, 4.69) is 10.0 Å². The molecule has 0 aliphatic heterocycles. The van der Waals surface area contributed by atoms with Gasteiger partial charge >= 0.3 is 12.1 Å². The minimum absolute atomic E-state index is 0.172. The number of amides is 1. The molecule has 8 nitrogen and oxygen atoms in total. The number of alkyl carbamates (subject to hydrolysis) is 1. The van der Waals surface area contributed by atoms with Crippen LogP contribution in [0.15, 0.2) is 24.3 Å². The highest BCUT2D eigenvalue weighted by Gasteiger charge is 2.25. The lowest BCUT2D eigenvalue weighted by Gasteiger charge is -2.22. The van der Waals surface area contributed by atoms with Crippen LogP contribution in [-0.4, -0.2) is 45.5 Å². The number of benzene rings is 1. The highest BCUT2D eigenvalue weighted by molar-refractivity contribution is 7.92. The number of carbonyl (C=O) groups excluding carboxylic acids is 2. The second kappa shape index (κ2) is 8.19. The normalized spacial score (nSPS) is 12.8. The van der Waals surface area contributed by atoms with Crippen molar-refractivity contribution in [2.24, 2.45) is 0 Å². The molecular weight excluding hydrogens is 348 g/mol. The van der Waals surface area contributed by atoms with Gasteiger partial charge in [-0.1, -0.05) is 12.1 Å². The average molecular weight is 372 g/mol. The maximum Gasteiger partial charge on any atom is 0.408 e. The summed E-state index contributed by atoms with van der Waals surface area (Å²) in [5.41, 5.74) is 0.426. The monoisotopic (exact) mass is 372 g/mol. The van der Waals surface area contributed by atoms with Crippen molar-refractivity contribution in [1.29, 1.82) is 0 Å². The fraction of sp³-hybridized carbons (Fsp3) is 0.500. The number of nitrogens with one attached hydrogen (secondary N) is 2. The van der Waals surface area contributed by atoms with Crippen LogP contribution in [0.1, 0.15) is 26.3 Å². The Morgan fingerprint density at radius 3 is 2.16 bits per heavy atom. The molecule has 1 aromatic rings. The van der Waals surface area contributed by atoms with E-state index in [0.717, 1.165) is 6.26 Å². The Kier molecular flexibility index (Phi) is 6.80. The molecule has 25 heavy (non-hydrogen) atoms. The second-order valence-corrected chi connectivity index (χ2v) is 8.25. The van der Waals surface area contributed by atoms with Crippen LogP contribution in [0.2, 0.25) is 0 Å². The van der Waals surface area contributed by atoms with Crippen molar-refractivity contribution >= 4 is 27.8 Å². The number of hydrogen-bond donors (Lipinski definition) is 2. The molecule has 140 valence electrons. The molecule has 2 N–H and O–H groups in total. The average Bonchev–Trinajstić information content (AvgIpc) is 2.44. The molecule has 1 atom stereocenters. The first kappa shape index (κ1) is 20.8. The summed E-state index contributed by atoms with van der Waals surface area (Å²) >= 11 is 0. The van der Waals surface area contributed by atoms with Gasteiger partial charge in [-0.2, -0.15) is 0 Å². The zero-order chi connectivity index (χ0) is 19.3. The van der Waals surface area contributed by atoms with E-state index >= 15 is 0 Å². The summed E-state index contributed by atoms with van der Waals surface area (Å²) in [6, 6.07) is 5.52. The largest absolute Gasteiger partial charge is 0.467 e. The van der Waals surface area contributed by atoms with Gasteiger partial charge in [0.05, 0.1) is 13.4 Å². The molecule has 0 spiro atoms. The Morgan fingerprint density at radius 1 is 1.16 bits per heavy atom. The summed E-state index contributed by atoms with van der Waals surface area (Å²) in [7, 11) is -2.13. The molecule has 0 heterocycles. The van der Waals surface area contributed by atoms with Crippen LogP contribution < -0.4 is 10.0 Å². The summed E-state index contributed by atoms with van der Waals surface area (Å²) < 4.78 is 34.6. The molecule has 0 radical (unpaired) electrons. The highest BCUT2D eigenvalue weighted by Crippen LogP contribution is 2.13.